The molecule has 0 aromatic carbocycles. The molecule has 2 unspecified atom stereocenters. The van der Waals surface area contributed by atoms with Crippen LogP contribution in [0, 0.1) is 0 Å². The Labute approximate surface area is 392 Å². The number of nitrogens with one attached hydrogen (secondary N) is 1. The van der Waals surface area contributed by atoms with Gasteiger partial charge in [0.15, 0.2) is 0 Å². The Bertz CT molecular complexity index is 1130. The highest BCUT2D eigenvalue weighted by atomic mass is 16.3. The van der Waals surface area contributed by atoms with E-state index in [1.807, 2.05) is 0 Å². The van der Waals surface area contributed by atoms with Crippen molar-refractivity contribution >= 4 is 5.91 Å². The van der Waals surface area contributed by atoms with Crippen molar-refractivity contribution in [3.05, 3.63) is 85.1 Å². The predicted octanol–water partition coefficient (Wildman–Crippen LogP) is 18.0. The lowest BCUT2D eigenvalue weighted by Gasteiger charge is -2.22. The van der Waals surface area contributed by atoms with E-state index in [0.717, 1.165) is 70.6 Å². The lowest BCUT2D eigenvalue weighted by Crippen LogP contribution is -2.45. The Morgan fingerprint density at radius 2 is 0.683 bits per heavy atom. The van der Waals surface area contributed by atoms with Crippen LogP contribution in [0.5, 0.6) is 0 Å². The molecule has 0 rings (SSSR count). The minimum Gasteiger partial charge on any atom is -0.394 e. The zero-order valence-corrected chi connectivity index (χ0v) is 41.8. The summed E-state index contributed by atoms with van der Waals surface area (Å²) in [5.41, 5.74) is 0. The van der Waals surface area contributed by atoms with E-state index in [2.05, 4.69) is 104 Å². The number of unbranched alkanes of at least 4 members (excludes halogenated alkanes) is 28. The van der Waals surface area contributed by atoms with Crippen molar-refractivity contribution in [1.82, 2.24) is 5.32 Å². The van der Waals surface area contributed by atoms with E-state index in [1.54, 1.807) is 0 Å². The van der Waals surface area contributed by atoms with Crippen LogP contribution in [0.25, 0.3) is 0 Å². The highest BCUT2D eigenvalue weighted by molar-refractivity contribution is 5.76. The van der Waals surface area contributed by atoms with E-state index >= 15 is 0 Å². The molecule has 0 saturated carbocycles. The van der Waals surface area contributed by atoms with Crippen LogP contribution >= 0.6 is 0 Å². The van der Waals surface area contributed by atoms with Crippen LogP contribution in [0.4, 0.5) is 0 Å². The maximum absolute atomic E-state index is 12.5. The second kappa shape index (κ2) is 53.9. The Balaban J connectivity index is 3.57. The summed E-state index contributed by atoms with van der Waals surface area (Å²) in [7, 11) is 0. The number of aliphatic hydroxyl groups is 2. The molecule has 3 N–H and O–H groups in total. The van der Waals surface area contributed by atoms with Gasteiger partial charge < -0.3 is 15.5 Å². The molecular weight excluding hydrogens is 771 g/mol. The summed E-state index contributed by atoms with van der Waals surface area (Å²) in [6.45, 7) is 4.23. The van der Waals surface area contributed by atoms with Crippen LogP contribution < -0.4 is 5.32 Å². The van der Waals surface area contributed by atoms with Gasteiger partial charge in [-0.25, -0.2) is 0 Å². The fourth-order valence-corrected chi connectivity index (χ4v) is 8.06. The summed E-state index contributed by atoms with van der Waals surface area (Å²) in [6, 6.07) is -0.574. The number of rotatable bonds is 49. The Morgan fingerprint density at radius 1 is 0.397 bits per heavy atom. The minimum atomic E-state index is -0.690. The van der Waals surface area contributed by atoms with E-state index < -0.39 is 12.1 Å². The van der Waals surface area contributed by atoms with Crippen molar-refractivity contribution in [2.45, 2.75) is 276 Å². The van der Waals surface area contributed by atoms with Crippen molar-refractivity contribution in [1.29, 1.82) is 0 Å². The molecule has 4 nitrogen and oxygen atoms in total. The summed E-state index contributed by atoms with van der Waals surface area (Å²) in [6.07, 6.45) is 78.5. The largest absolute Gasteiger partial charge is 0.394 e. The molecule has 0 aromatic rings. The molecule has 0 aliphatic rings. The highest BCUT2D eigenvalue weighted by Gasteiger charge is 2.19. The van der Waals surface area contributed by atoms with Gasteiger partial charge >= 0.3 is 0 Å². The lowest BCUT2D eigenvalue weighted by molar-refractivity contribution is -0.123. The molecule has 0 aliphatic carbocycles. The van der Waals surface area contributed by atoms with Gasteiger partial charge in [0.2, 0.25) is 5.91 Å². The van der Waals surface area contributed by atoms with Crippen molar-refractivity contribution in [3.63, 3.8) is 0 Å². The number of hydrogen-bond donors (Lipinski definition) is 3. The van der Waals surface area contributed by atoms with Crippen molar-refractivity contribution in [2.75, 3.05) is 6.61 Å². The summed E-state index contributed by atoms with van der Waals surface area (Å²) in [5, 5.41) is 23.3. The molecule has 4 heteroatoms. The molecule has 0 heterocycles. The molecule has 1 amide bonds. The molecular formula is C59H105NO3. The molecule has 0 aromatic heterocycles. The SMILES string of the molecule is CC/C=C\C/C=C\C/C=C\C/C=C\C/C=C\C/C=C\C/C=C\CCCC(=O)NC(CO)C(O)CCCCCCCCCCCCCCCCCCCCCCCCCCCCCC. The number of carbonyl (C=O) groups excluding carboxylic acids is 1. The zero-order chi connectivity index (χ0) is 45.6. The Hall–Kier alpha value is -2.43. The van der Waals surface area contributed by atoms with Crippen LogP contribution in [-0.4, -0.2) is 34.9 Å². The van der Waals surface area contributed by atoms with Gasteiger partial charge in [-0.15, -0.1) is 0 Å². The van der Waals surface area contributed by atoms with E-state index in [-0.39, 0.29) is 12.5 Å². The number of aliphatic hydroxyl groups excluding tert-OH is 2. The fourth-order valence-electron chi connectivity index (χ4n) is 8.06. The molecule has 0 bridgehead atoms. The van der Waals surface area contributed by atoms with E-state index in [0.29, 0.717) is 12.8 Å². The first-order valence-electron chi connectivity index (χ1n) is 27.3. The Morgan fingerprint density at radius 3 is 0.984 bits per heavy atom. The van der Waals surface area contributed by atoms with Crippen molar-refractivity contribution in [3.8, 4) is 0 Å². The molecule has 0 fully saturated rings. The topological polar surface area (TPSA) is 69.6 Å². The summed E-state index contributed by atoms with van der Waals surface area (Å²) in [5.74, 6) is -0.0890. The van der Waals surface area contributed by atoms with E-state index in [1.165, 1.54) is 167 Å². The first-order chi connectivity index (χ1) is 31.2. The quantitative estimate of drug-likeness (QED) is 0.0421. The molecule has 63 heavy (non-hydrogen) atoms. The molecule has 0 radical (unpaired) electrons. The van der Waals surface area contributed by atoms with Gasteiger partial charge in [0.1, 0.15) is 0 Å². The van der Waals surface area contributed by atoms with E-state index in [9.17, 15) is 15.0 Å². The van der Waals surface area contributed by atoms with Crippen LogP contribution in [0.15, 0.2) is 85.1 Å². The second-order valence-corrected chi connectivity index (χ2v) is 18.3. The fraction of sp³-hybridized carbons (Fsp3) is 0.746. The van der Waals surface area contributed by atoms with Gasteiger partial charge in [0, 0.05) is 6.42 Å². The Kier molecular flexibility index (Phi) is 51.8. The van der Waals surface area contributed by atoms with Crippen LogP contribution in [0.3, 0.4) is 0 Å². The van der Waals surface area contributed by atoms with Gasteiger partial charge in [-0.05, 0) is 64.2 Å². The van der Waals surface area contributed by atoms with Gasteiger partial charge in [0.05, 0.1) is 18.8 Å². The monoisotopic (exact) mass is 876 g/mol. The van der Waals surface area contributed by atoms with Gasteiger partial charge in [-0.1, -0.05) is 279 Å². The van der Waals surface area contributed by atoms with Gasteiger partial charge in [0.25, 0.3) is 0 Å². The van der Waals surface area contributed by atoms with Gasteiger partial charge in [-0.2, -0.15) is 0 Å². The minimum absolute atomic E-state index is 0.0890. The third kappa shape index (κ3) is 50.4. The van der Waals surface area contributed by atoms with Gasteiger partial charge in [-0.3, -0.25) is 4.79 Å². The molecule has 364 valence electrons. The maximum atomic E-state index is 12.5. The smallest absolute Gasteiger partial charge is 0.220 e. The predicted molar refractivity (Wildman–Crippen MR) is 280 cm³/mol. The summed E-state index contributed by atoms with van der Waals surface area (Å²) < 4.78 is 0. The van der Waals surface area contributed by atoms with Crippen molar-refractivity contribution < 1.29 is 15.0 Å². The average Bonchev–Trinajstić information content (AvgIpc) is 3.29. The van der Waals surface area contributed by atoms with Crippen LogP contribution in [0.2, 0.25) is 0 Å². The first-order valence-corrected chi connectivity index (χ1v) is 27.3. The maximum Gasteiger partial charge on any atom is 0.220 e. The number of hydrogen-bond acceptors (Lipinski definition) is 3. The summed E-state index contributed by atoms with van der Waals surface area (Å²) in [4.78, 5) is 12.5. The molecule has 0 aliphatic heterocycles. The molecule has 0 saturated heterocycles. The third-order valence-electron chi connectivity index (χ3n) is 12.2. The number of allylic oxidation sites excluding steroid dienone is 14. The standard InChI is InChI=1S/C59H105NO3/c1-3-5-7-9-11-13-15-17-19-21-23-25-27-28-29-30-31-33-34-36-38-40-42-44-46-48-50-52-54-58(62)57(56-61)60-59(63)55-53-51-49-47-45-43-41-39-37-35-32-26-24-22-20-18-16-14-12-10-8-6-4-2/h6,8,12,14,18,20,24,26,35,37,41,43,47,49,57-58,61-62H,3-5,7,9-11,13,15-17,19,21-23,25,27-34,36,38-40,42,44-46,48,50-56H2,1-2H3,(H,60,63)/b8-6-,14-12-,20-18-,26-24-,37-35-,43-41-,49-47-. The molecule has 2 atom stereocenters. The third-order valence-corrected chi connectivity index (χ3v) is 12.2. The summed E-state index contributed by atoms with van der Waals surface area (Å²) >= 11 is 0. The van der Waals surface area contributed by atoms with Crippen molar-refractivity contribution in [2.24, 2.45) is 0 Å². The lowest BCUT2D eigenvalue weighted by atomic mass is 10.0. The van der Waals surface area contributed by atoms with E-state index in [4.69, 9.17) is 0 Å². The normalized spacial score (nSPS) is 13.5. The number of amides is 1. The molecule has 0 spiro atoms. The first kappa shape index (κ1) is 60.6. The van der Waals surface area contributed by atoms with Crippen LogP contribution in [0.1, 0.15) is 264 Å². The second-order valence-electron chi connectivity index (χ2n) is 18.3. The zero-order valence-electron chi connectivity index (χ0n) is 41.8. The van der Waals surface area contributed by atoms with Crippen LogP contribution in [-0.2, 0) is 4.79 Å². The number of carbonyl (C=O) groups is 1. The highest BCUT2D eigenvalue weighted by Crippen LogP contribution is 2.17. The average molecular weight is 876 g/mol.